The number of hydrogen-bond acceptors (Lipinski definition) is 2. The minimum absolute atomic E-state index is 0. The van der Waals surface area contributed by atoms with Crippen molar-refractivity contribution in [3.05, 3.63) is 102 Å². The summed E-state index contributed by atoms with van der Waals surface area (Å²) in [5, 5.41) is 12.5. The number of piperidine rings is 3. The second-order valence-corrected chi connectivity index (χ2v) is 9.49. The highest BCUT2D eigenvalue weighted by Crippen LogP contribution is 2.57. The molecule has 3 fully saturated rings. The third-order valence-corrected chi connectivity index (χ3v) is 8.00. The standard InChI is InChI=1S/C28H32NO2.BrH/c1-31-26-14-8-9-23(21-26)22-29-18-15-27(16-19-29,17-20-29)28(30,24-10-4-2-5-11-24)25-12-6-3-7-13-25;/h2-14,21,30H,15-20,22H2,1H3;1H/q+1;/p-1. The van der Waals surface area contributed by atoms with Crippen LogP contribution in [0.25, 0.3) is 0 Å². The number of quaternary nitrogens is 1. The number of benzene rings is 3. The summed E-state index contributed by atoms with van der Waals surface area (Å²) >= 11 is 0. The van der Waals surface area contributed by atoms with Crippen molar-refractivity contribution >= 4 is 0 Å². The maximum Gasteiger partial charge on any atom is 0.121 e. The lowest BCUT2D eigenvalue weighted by atomic mass is 9.56. The van der Waals surface area contributed by atoms with E-state index in [1.54, 1.807) is 7.11 Å². The zero-order valence-electron chi connectivity index (χ0n) is 18.7. The molecule has 0 radical (unpaired) electrons. The Balaban J connectivity index is 0.00000245. The van der Waals surface area contributed by atoms with Crippen molar-refractivity contribution in [3.63, 3.8) is 0 Å². The molecule has 0 amide bonds. The van der Waals surface area contributed by atoms with Crippen LogP contribution in [0.3, 0.4) is 0 Å². The Morgan fingerprint density at radius 1 is 0.812 bits per heavy atom. The second kappa shape index (κ2) is 9.01. The predicted octanol–water partition coefficient (Wildman–Crippen LogP) is 2.14. The van der Waals surface area contributed by atoms with E-state index in [0.29, 0.717) is 0 Å². The molecule has 0 aromatic heterocycles. The van der Waals surface area contributed by atoms with Crippen LogP contribution in [0, 0.1) is 5.41 Å². The largest absolute Gasteiger partial charge is 1.00 e. The van der Waals surface area contributed by atoms with Crippen LogP contribution in [-0.4, -0.2) is 36.3 Å². The zero-order chi connectivity index (χ0) is 21.4. The van der Waals surface area contributed by atoms with Crippen LogP contribution in [0.5, 0.6) is 5.75 Å². The van der Waals surface area contributed by atoms with Gasteiger partial charge in [0.2, 0.25) is 0 Å². The van der Waals surface area contributed by atoms with Crippen molar-refractivity contribution in [2.24, 2.45) is 5.41 Å². The topological polar surface area (TPSA) is 29.5 Å². The molecule has 0 saturated carbocycles. The van der Waals surface area contributed by atoms with Gasteiger partial charge in [-0.05, 0) is 23.3 Å². The Hall–Kier alpha value is -2.14. The van der Waals surface area contributed by atoms with Crippen molar-refractivity contribution in [1.82, 2.24) is 0 Å². The summed E-state index contributed by atoms with van der Waals surface area (Å²) in [5.74, 6) is 0.932. The molecular formula is C28H32BrNO2. The molecule has 0 spiro atoms. The molecule has 3 aromatic carbocycles. The van der Waals surface area contributed by atoms with E-state index >= 15 is 0 Å². The van der Waals surface area contributed by atoms with E-state index in [4.69, 9.17) is 4.74 Å². The lowest BCUT2D eigenvalue weighted by Crippen LogP contribution is -3.00. The molecule has 32 heavy (non-hydrogen) atoms. The van der Waals surface area contributed by atoms with Gasteiger partial charge in [0.1, 0.15) is 17.9 Å². The first-order valence-corrected chi connectivity index (χ1v) is 11.4. The predicted molar refractivity (Wildman–Crippen MR) is 124 cm³/mol. The summed E-state index contributed by atoms with van der Waals surface area (Å²) < 4.78 is 6.56. The van der Waals surface area contributed by atoms with Gasteiger partial charge in [0.25, 0.3) is 0 Å². The number of ether oxygens (including phenoxy) is 1. The summed E-state index contributed by atoms with van der Waals surface area (Å²) in [6.45, 7) is 4.37. The van der Waals surface area contributed by atoms with Crippen molar-refractivity contribution in [1.29, 1.82) is 0 Å². The summed E-state index contributed by atoms with van der Waals surface area (Å²) in [6.07, 6.45) is 3.12. The van der Waals surface area contributed by atoms with Gasteiger partial charge in [-0.15, -0.1) is 0 Å². The first kappa shape index (κ1) is 23.0. The molecule has 3 saturated heterocycles. The lowest BCUT2D eigenvalue weighted by Gasteiger charge is -2.60. The fourth-order valence-corrected chi connectivity index (χ4v) is 6.14. The third-order valence-electron chi connectivity index (χ3n) is 8.00. The van der Waals surface area contributed by atoms with Crippen LogP contribution < -0.4 is 21.7 Å². The first-order chi connectivity index (χ1) is 15.1. The highest BCUT2D eigenvalue weighted by atomic mass is 79.9. The number of halogens is 1. The Morgan fingerprint density at radius 2 is 1.34 bits per heavy atom. The minimum Gasteiger partial charge on any atom is -1.00 e. The molecule has 1 N–H and O–H groups in total. The van der Waals surface area contributed by atoms with Crippen LogP contribution in [0.2, 0.25) is 0 Å². The van der Waals surface area contributed by atoms with Gasteiger partial charge in [-0.25, -0.2) is 0 Å². The fourth-order valence-electron chi connectivity index (χ4n) is 6.14. The second-order valence-electron chi connectivity index (χ2n) is 9.49. The average Bonchev–Trinajstić information content (AvgIpc) is 2.85. The van der Waals surface area contributed by atoms with E-state index in [0.717, 1.165) is 66.8 Å². The van der Waals surface area contributed by atoms with Gasteiger partial charge in [-0.3, -0.25) is 0 Å². The number of methoxy groups -OCH3 is 1. The Bertz CT molecular complexity index is 974. The molecule has 3 aromatic rings. The maximum atomic E-state index is 12.5. The number of nitrogens with zero attached hydrogens (tertiary/aromatic N) is 1. The van der Waals surface area contributed by atoms with Crippen molar-refractivity contribution in [3.8, 4) is 5.75 Å². The number of rotatable bonds is 6. The molecule has 168 valence electrons. The van der Waals surface area contributed by atoms with E-state index in [9.17, 15) is 5.11 Å². The van der Waals surface area contributed by atoms with Gasteiger partial charge >= 0.3 is 0 Å². The number of aliphatic hydroxyl groups is 1. The summed E-state index contributed by atoms with van der Waals surface area (Å²) in [5.41, 5.74) is 2.31. The fraction of sp³-hybridized carbons (Fsp3) is 0.357. The average molecular weight is 494 g/mol. The Kier molecular flexibility index (Phi) is 6.49. The van der Waals surface area contributed by atoms with Gasteiger partial charge in [0.05, 0.1) is 26.7 Å². The van der Waals surface area contributed by atoms with Crippen LogP contribution >= 0.6 is 0 Å². The Morgan fingerprint density at radius 3 is 1.84 bits per heavy atom. The SMILES string of the molecule is COc1cccc(C[N+]23CCC(C(O)(c4ccccc4)c4ccccc4)(CC2)CC3)c1.[Br-]. The number of hydrogen-bond donors (Lipinski definition) is 1. The van der Waals surface area contributed by atoms with E-state index in [2.05, 4.69) is 66.7 Å². The Labute approximate surface area is 202 Å². The van der Waals surface area contributed by atoms with Crippen molar-refractivity contribution < 1.29 is 31.3 Å². The summed E-state index contributed by atoms with van der Waals surface area (Å²) in [4.78, 5) is 0. The van der Waals surface area contributed by atoms with Gasteiger partial charge in [-0.1, -0.05) is 72.8 Å². The highest BCUT2D eigenvalue weighted by Gasteiger charge is 2.60. The molecule has 3 aliphatic rings. The molecule has 3 heterocycles. The monoisotopic (exact) mass is 493 g/mol. The van der Waals surface area contributed by atoms with E-state index in [1.165, 1.54) is 5.56 Å². The van der Waals surface area contributed by atoms with Crippen LogP contribution in [0.4, 0.5) is 0 Å². The van der Waals surface area contributed by atoms with Gasteiger partial charge in [0, 0.05) is 30.2 Å². The van der Waals surface area contributed by atoms with Gasteiger partial charge in [0.15, 0.2) is 0 Å². The molecule has 3 nitrogen and oxygen atoms in total. The van der Waals surface area contributed by atoms with Crippen LogP contribution in [-0.2, 0) is 12.1 Å². The quantitative estimate of drug-likeness (QED) is 0.533. The lowest BCUT2D eigenvalue weighted by molar-refractivity contribution is -0.958. The maximum absolute atomic E-state index is 12.5. The molecular weight excluding hydrogens is 462 g/mol. The minimum atomic E-state index is -0.956. The molecule has 4 heteroatoms. The zero-order valence-corrected chi connectivity index (χ0v) is 20.3. The molecule has 0 unspecified atom stereocenters. The molecule has 0 aliphatic carbocycles. The molecule has 0 atom stereocenters. The van der Waals surface area contributed by atoms with Crippen molar-refractivity contribution in [2.75, 3.05) is 26.7 Å². The molecule has 6 rings (SSSR count). The highest BCUT2D eigenvalue weighted by molar-refractivity contribution is 5.39. The van der Waals surface area contributed by atoms with Gasteiger partial charge < -0.3 is 31.3 Å². The van der Waals surface area contributed by atoms with Crippen LogP contribution in [0.15, 0.2) is 84.9 Å². The summed E-state index contributed by atoms with van der Waals surface area (Å²) in [6, 6.07) is 29.2. The van der Waals surface area contributed by atoms with E-state index in [1.807, 2.05) is 18.2 Å². The smallest absolute Gasteiger partial charge is 0.121 e. The van der Waals surface area contributed by atoms with E-state index < -0.39 is 5.60 Å². The first-order valence-electron chi connectivity index (χ1n) is 11.4. The summed E-state index contributed by atoms with van der Waals surface area (Å²) in [7, 11) is 1.73. The van der Waals surface area contributed by atoms with E-state index in [-0.39, 0.29) is 22.4 Å². The molecule has 2 bridgehead atoms. The normalized spacial score (nSPS) is 24.6. The van der Waals surface area contributed by atoms with Crippen LogP contribution in [0.1, 0.15) is 36.0 Å². The van der Waals surface area contributed by atoms with Gasteiger partial charge in [-0.2, -0.15) is 0 Å². The third kappa shape index (κ3) is 3.79. The molecule has 3 aliphatic heterocycles. The number of fused-ring (bicyclic) bond motifs is 3. The van der Waals surface area contributed by atoms with Crippen molar-refractivity contribution in [2.45, 2.75) is 31.4 Å².